The lowest BCUT2D eigenvalue weighted by atomic mass is 10.1. The lowest BCUT2D eigenvalue weighted by Gasteiger charge is -2.22. The average Bonchev–Trinajstić information content (AvgIpc) is 2.39. The van der Waals surface area contributed by atoms with Gasteiger partial charge in [-0.2, -0.15) is 5.10 Å². The van der Waals surface area contributed by atoms with Gasteiger partial charge in [0.05, 0.1) is 6.20 Å². The number of aromatic nitrogens is 2. The Morgan fingerprint density at radius 1 is 1.12 bits per heavy atom. The van der Waals surface area contributed by atoms with E-state index in [1.165, 1.54) is 0 Å². The number of fused-ring (bicyclic) bond motifs is 1. The molecule has 5 heteroatoms. The van der Waals surface area contributed by atoms with Crippen LogP contribution >= 0.6 is 0 Å². The molecule has 5 nitrogen and oxygen atoms in total. The van der Waals surface area contributed by atoms with E-state index >= 15 is 0 Å². The first-order chi connectivity index (χ1) is 7.95. The molecule has 0 atom stereocenters. The summed E-state index contributed by atoms with van der Waals surface area (Å²) in [6, 6.07) is 7.86. The second-order valence-electron chi connectivity index (χ2n) is 3.42. The molecular formula is C11H10N2O3. The van der Waals surface area contributed by atoms with Crippen LogP contribution in [0.1, 0.15) is 12.0 Å². The van der Waals surface area contributed by atoms with Crippen molar-refractivity contribution in [3.05, 3.63) is 36.2 Å². The number of benzene rings is 1. The first kappa shape index (κ1) is 9.65. The van der Waals surface area contributed by atoms with Crippen LogP contribution in [0.3, 0.4) is 0 Å². The Morgan fingerprint density at radius 3 is 2.81 bits per heavy atom. The van der Waals surface area contributed by atoms with E-state index in [0.717, 1.165) is 10.8 Å². The molecule has 1 aromatic carbocycles. The Labute approximate surface area is 92.0 Å². The molecule has 2 heterocycles. The van der Waals surface area contributed by atoms with Crippen molar-refractivity contribution in [3.63, 3.8) is 0 Å². The second kappa shape index (κ2) is 4.13. The van der Waals surface area contributed by atoms with Gasteiger partial charge in [-0.1, -0.05) is 24.3 Å². The summed E-state index contributed by atoms with van der Waals surface area (Å²) in [5.41, 5.74) is 0.696. The number of hydrogen-bond acceptors (Lipinski definition) is 5. The molecule has 0 aliphatic carbocycles. The molecule has 0 N–H and O–H groups in total. The van der Waals surface area contributed by atoms with Crippen molar-refractivity contribution in [2.75, 3.05) is 13.6 Å². The van der Waals surface area contributed by atoms with E-state index < -0.39 is 6.29 Å². The van der Waals surface area contributed by atoms with Crippen LogP contribution in [0.5, 0.6) is 0 Å². The first-order valence-corrected chi connectivity index (χ1v) is 4.96. The zero-order chi connectivity index (χ0) is 10.8. The van der Waals surface area contributed by atoms with Crippen LogP contribution in [0.2, 0.25) is 0 Å². The first-order valence-electron chi connectivity index (χ1n) is 4.96. The zero-order valence-corrected chi connectivity index (χ0v) is 8.50. The number of nitrogens with zero attached hydrogens (tertiary/aromatic N) is 2. The maximum absolute atomic E-state index is 5.33. The molecule has 0 saturated carbocycles. The summed E-state index contributed by atoms with van der Waals surface area (Å²) in [6.07, 6.45) is 1.23. The molecule has 3 rings (SSSR count). The molecule has 0 unspecified atom stereocenters. The van der Waals surface area contributed by atoms with Crippen molar-refractivity contribution in [1.29, 1.82) is 0 Å². The van der Waals surface area contributed by atoms with Crippen molar-refractivity contribution >= 4 is 10.8 Å². The van der Waals surface area contributed by atoms with E-state index in [2.05, 4.69) is 10.2 Å². The van der Waals surface area contributed by atoms with Crippen LogP contribution in [0.4, 0.5) is 0 Å². The standard InChI is InChI=1S/C11H10N2O3/c1-2-4-9-8(3-1)5-12-13-10(9)11-15-6-14-7-16-11/h1-5,11H,6-7H2. The van der Waals surface area contributed by atoms with E-state index in [1.54, 1.807) is 6.20 Å². The molecule has 1 aliphatic heterocycles. The van der Waals surface area contributed by atoms with Crippen molar-refractivity contribution < 1.29 is 14.2 Å². The van der Waals surface area contributed by atoms with Crippen LogP contribution in [-0.4, -0.2) is 23.8 Å². The minimum Gasteiger partial charge on any atom is -0.329 e. The summed E-state index contributed by atoms with van der Waals surface area (Å²) < 4.78 is 15.6. The molecule has 2 aromatic rings. The summed E-state index contributed by atoms with van der Waals surface area (Å²) in [5, 5.41) is 10.0. The highest BCUT2D eigenvalue weighted by molar-refractivity contribution is 5.83. The summed E-state index contributed by atoms with van der Waals surface area (Å²) >= 11 is 0. The van der Waals surface area contributed by atoms with Crippen molar-refractivity contribution in [3.8, 4) is 0 Å². The maximum Gasteiger partial charge on any atom is 0.208 e. The minimum atomic E-state index is -0.493. The molecule has 1 aliphatic rings. The highest BCUT2D eigenvalue weighted by Gasteiger charge is 2.21. The summed E-state index contributed by atoms with van der Waals surface area (Å²) in [7, 11) is 0. The third-order valence-corrected chi connectivity index (χ3v) is 2.43. The Hall–Kier alpha value is -1.56. The lowest BCUT2D eigenvalue weighted by molar-refractivity contribution is -0.304. The van der Waals surface area contributed by atoms with E-state index in [9.17, 15) is 0 Å². The van der Waals surface area contributed by atoms with Crippen molar-refractivity contribution in [2.24, 2.45) is 0 Å². The summed E-state index contributed by atoms with van der Waals surface area (Å²) in [4.78, 5) is 0. The predicted molar refractivity (Wildman–Crippen MR) is 55.3 cm³/mol. The molecule has 0 amide bonds. The van der Waals surface area contributed by atoms with Gasteiger partial charge >= 0.3 is 0 Å². The van der Waals surface area contributed by atoms with Gasteiger partial charge in [0, 0.05) is 10.8 Å². The SMILES string of the molecule is c1ccc2c(C3OCOCO3)nncc2c1. The van der Waals surface area contributed by atoms with Crippen LogP contribution < -0.4 is 0 Å². The van der Waals surface area contributed by atoms with E-state index in [4.69, 9.17) is 14.2 Å². The molecule has 1 fully saturated rings. The van der Waals surface area contributed by atoms with Gasteiger partial charge < -0.3 is 14.2 Å². The maximum atomic E-state index is 5.33. The Balaban J connectivity index is 2.08. The lowest BCUT2D eigenvalue weighted by Crippen LogP contribution is -2.21. The fourth-order valence-electron chi connectivity index (χ4n) is 1.68. The largest absolute Gasteiger partial charge is 0.329 e. The highest BCUT2D eigenvalue weighted by Crippen LogP contribution is 2.26. The number of rotatable bonds is 1. The summed E-state index contributed by atoms with van der Waals surface area (Å²) in [5.74, 6) is 0. The topological polar surface area (TPSA) is 53.5 Å². The molecule has 82 valence electrons. The molecule has 0 spiro atoms. The van der Waals surface area contributed by atoms with Crippen LogP contribution in [0.25, 0.3) is 10.8 Å². The molecule has 1 saturated heterocycles. The van der Waals surface area contributed by atoms with E-state index in [0.29, 0.717) is 5.69 Å². The van der Waals surface area contributed by atoms with Gasteiger partial charge in [0.2, 0.25) is 6.29 Å². The van der Waals surface area contributed by atoms with Crippen molar-refractivity contribution in [1.82, 2.24) is 10.2 Å². The Morgan fingerprint density at radius 2 is 1.94 bits per heavy atom. The molecule has 16 heavy (non-hydrogen) atoms. The van der Waals surface area contributed by atoms with Gasteiger partial charge in [-0.3, -0.25) is 0 Å². The number of hydrogen-bond donors (Lipinski definition) is 0. The van der Waals surface area contributed by atoms with Gasteiger partial charge in [0.15, 0.2) is 13.6 Å². The summed E-state index contributed by atoms with van der Waals surface area (Å²) in [6.45, 7) is 0.436. The molecule has 0 bridgehead atoms. The van der Waals surface area contributed by atoms with Gasteiger partial charge in [-0.05, 0) is 0 Å². The smallest absolute Gasteiger partial charge is 0.208 e. The van der Waals surface area contributed by atoms with E-state index in [-0.39, 0.29) is 13.6 Å². The van der Waals surface area contributed by atoms with Crippen LogP contribution in [0, 0.1) is 0 Å². The van der Waals surface area contributed by atoms with Gasteiger partial charge in [0.25, 0.3) is 0 Å². The van der Waals surface area contributed by atoms with Crippen LogP contribution in [0.15, 0.2) is 30.5 Å². The van der Waals surface area contributed by atoms with Gasteiger partial charge in [0.1, 0.15) is 5.69 Å². The zero-order valence-electron chi connectivity index (χ0n) is 8.50. The highest BCUT2D eigenvalue weighted by atomic mass is 16.8. The fourth-order valence-corrected chi connectivity index (χ4v) is 1.68. The molecule has 0 radical (unpaired) electrons. The van der Waals surface area contributed by atoms with E-state index in [1.807, 2.05) is 24.3 Å². The third-order valence-electron chi connectivity index (χ3n) is 2.43. The van der Waals surface area contributed by atoms with Gasteiger partial charge in [-0.15, -0.1) is 5.10 Å². The molecular weight excluding hydrogens is 208 g/mol. The average molecular weight is 218 g/mol. The monoisotopic (exact) mass is 218 g/mol. The number of ether oxygens (including phenoxy) is 3. The molecule has 1 aromatic heterocycles. The fraction of sp³-hybridized carbons (Fsp3) is 0.273. The normalized spacial score (nSPS) is 17.8. The van der Waals surface area contributed by atoms with Crippen LogP contribution in [-0.2, 0) is 14.2 Å². The quantitative estimate of drug-likeness (QED) is 0.727. The Bertz CT molecular complexity index is 492. The van der Waals surface area contributed by atoms with Crippen molar-refractivity contribution in [2.45, 2.75) is 6.29 Å². The second-order valence-corrected chi connectivity index (χ2v) is 3.42. The Kier molecular flexibility index (Phi) is 2.49. The third kappa shape index (κ3) is 1.65. The van der Waals surface area contributed by atoms with Gasteiger partial charge in [-0.25, -0.2) is 0 Å². The predicted octanol–water partition coefficient (Wildman–Crippen LogP) is 1.61. The minimum absolute atomic E-state index is 0.218.